The van der Waals surface area contributed by atoms with Gasteiger partial charge in [0, 0.05) is 11.3 Å². The van der Waals surface area contributed by atoms with Crippen molar-refractivity contribution in [2.24, 2.45) is 0 Å². The van der Waals surface area contributed by atoms with Crippen molar-refractivity contribution < 1.29 is 27.8 Å². The summed E-state index contributed by atoms with van der Waals surface area (Å²) < 4.78 is 44.1. The summed E-state index contributed by atoms with van der Waals surface area (Å²) in [5, 5.41) is 10.2. The Bertz CT molecular complexity index is 940. The number of benzene rings is 2. The second-order valence-electron chi connectivity index (χ2n) is 6.49. The fraction of sp³-hybridized carbons (Fsp3) is 0.238. The third kappa shape index (κ3) is 6.05. The molecule has 1 N–H and O–H groups in total. The molecule has 1 atom stereocenters. The molecule has 4 nitrogen and oxygen atoms in total. The number of hydrogen-bond donors (Lipinski definition) is 1. The first-order valence-corrected chi connectivity index (χ1v) is 9.69. The van der Waals surface area contributed by atoms with Crippen LogP contribution < -0.4 is 4.74 Å². The van der Waals surface area contributed by atoms with Gasteiger partial charge in [-0.2, -0.15) is 13.2 Å². The van der Waals surface area contributed by atoms with E-state index < -0.39 is 23.8 Å². The zero-order valence-electron chi connectivity index (χ0n) is 15.2. The van der Waals surface area contributed by atoms with Gasteiger partial charge >= 0.3 is 12.1 Å². The second kappa shape index (κ2) is 9.09. The number of hydrogen-bond acceptors (Lipinski definition) is 4. The zero-order chi connectivity index (χ0) is 20.9. The highest BCUT2D eigenvalue weighted by Gasteiger charge is 2.34. The number of carboxylic acids is 1. The molecule has 0 bridgehead atoms. The predicted octanol–water partition coefficient (Wildman–Crippen LogP) is 5.54. The molecule has 0 amide bonds. The third-order valence-corrected chi connectivity index (χ3v) is 5.24. The molecule has 0 saturated carbocycles. The maximum Gasteiger partial charge on any atom is 0.434 e. The molecule has 3 aromatic rings. The van der Waals surface area contributed by atoms with E-state index >= 15 is 0 Å². The molecular weight excluding hydrogens is 403 g/mol. The summed E-state index contributed by atoms with van der Waals surface area (Å²) in [6.07, 6.45) is -4.56. The van der Waals surface area contributed by atoms with Crippen LogP contribution in [0.2, 0.25) is 0 Å². The Kier molecular flexibility index (Phi) is 6.53. The highest BCUT2D eigenvalue weighted by Crippen LogP contribution is 2.34. The number of nitrogens with zero attached hydrogens (tertiary/aromatic N) is 1. The van der Waals surface area contributed by atoms with Crippen LogP contribution in [0.4, 0.5) is 13.2 Å². The molecule has 1 unspecified atom stereocenters. The summed E-state index contributed by atoms with van der Waals surface area (Å²) in [5.41, 5.74) is 0.840. The van der Waals surface area contributed by atoms with Crippen LogP contribution >= 0.6 is 11.3 Å². The van der Waals surface area contributed by atoms with Crippen molar-refractivity contribution in [1.29, 1.82) is 0 Å². The van der Waals surface area contributed by atoms with Crippen LogP contribution in [0.15, 0.2) is 60.0 Å². The number of ether oxygens (including phenoxy) is 1. The lowest BCUT2D eigenvalue weighted by Crippen LogP contribution is -2.11. The first-order valence-electron chi connectivity index (χ1n) is 8.81. The molecule has 0 saturated heterocycles. The molecule has 2 aromatic carbocycles. The van der Waals surface area contributed by atoms with Crippen molar-refractivity contribution in [1.82, 2.24) is 4.98 Å². The number of carbonyl (C=O) groups is 1. The van der Waals surface area contributed by atoms with Gasteiger partial charge in [0.1, 0.15) is 12.4 Å². The SMILES string of the molecule is O=C(O)CC(Cc1ccc(OCc2ccccc2)cc1)c1nc(C(F)(F)F)cs1. The molecule has 0 aliphatic rings. The third-order valence-electron chi connectivity index (χ3n) is 4.24. The first-order chi connectivity index (χ1) is 13.8. The van der Waals surface area contributed by atoms with E-state index in [9.17, 15) is 18.0 Å². The molecule has 1 heterocycles. The molecule has 29 heavy (non-hydrogen) atoms. The van der Waals surface area contributed by atoms with Crippen molar-refractivity contribution >= 4 is 17.3 Å². The Morgan fingerprint density at radius 3 is 2.34 bits per heavy atom. The topological polar surface area (TPSA) is 59.4 Å². The lowest BCUT2D eigenvalue weighted by Gasteiger charge is -2.13. The Balaban J connectivity index is 1.67. The van der Waals surface area contributed by atoms with E-state index in [1.807, 2.05) is 30.3 Å². The summed E-state index contributed by atoms with van der Waals surface area (Å²) in [5.74, 6) is -1.06. The van der Waals surface area contributed by atoms with E-state index in [0.29, 0.717) is 12.4 Å². The molecule has 3 rings (SSSR count). The molecule has 152 valence electrons. The first kappa shape index (κ1) is 20.9. The number of halogens is 3. The van der Waals surface area contributed by atoms with E-state index in [2.05, 4.69) is 4.98 Å². The highest BCUT2D eigenvalue weighted by molar-refractivity contribution is 7.09. The maximum atomic E-state index is 12.8. The smallest absolute Gasteiger partial charge is 0.434 e. The largest absolute Gasteiger partial charge is 0.489 e. The lowest BCUT2D eigenvalue weighted by atomic mass is 9.96. The van der Waals surface area contributed by atoms with Crippen LogP contribution in [-0.4, -0.2) is 16.1 Å². The highest BCUT2D eigenvalue weighted by atomic mass is 32.1. The summed E-state index contributed by atoms with van der Waals surface area (Å²) in [6, 6.07) is 16.8. The standard InChI is InChI=1S/C21H18F3NO3S/c22-21(23,24)18-13-29-20(25-18)16(11-19(26)27)10-14-6-8-17(9-7-14)28-12-15-4-2-1-3-5-15/h1-9,13,16H,10-12H2,(H,26,27). The average molecular weight is 421 g/mol. The Hall–Kier alpha value is -2.87. The van der Waals surface area contributed by atoms with Crippen molar-refractivity contribution in [2.45, 2.75) is 31.5 Å². The minimum absolute atomic E-state index is 0.170. The van der Waals surface area contributed by atoms with Crippen molar-refractivity contribution in [3.63, 3.8) is 0 Å². The molecular formula is C21H18F3NO3S. The molecule has 0 aliphatic heterocycles. The summed E-state index contributed by atoms with van der Waals surface area (Å²) in [6.45, 7) is 0.418. The minimum Gasteiger partial charge on any atom is -0.489 e. The van der Waals surface area contributed by atoms with Crippen LogP contribution in [0, 0.1) is 0 Å². The van der Waals surface area contributed by atoms with Gasteiger partial charge in [0.15, 0.2) is 5.69 Å². The van der Waals surface area contributed by atoms with Crippen LogP contribution in [0.3, 0.4) is 0 Å². The lowest BCUT2D eigenvalue weighted by molar-refractivity contribution is -0.140. The molecule has 0 fully saturated rings. The van der Waals surface area contributed by atoms with Gasteiger partial charge in [-0.15, -0.1) is 11.3 Å². The summed E-state index contributed by atoms with van der Waals surface area (Å²) in [7, 11) is 0. The zero-order valence-corrected chi connectivity index (χ0v) is 16.0. The second-order valence-corrected chi connectivity index (χ2v) is 7.38. The van der Waals surface area contributed by atoms with E-state index in [0.717, 1.165) is 27.8 Å². The number of carboxylic acid groups (broad SMARTS) is 1. The van der Waals surface area contributed by atoms with Gasteiger partial charge in [-0.3, -0.25) is 4.79 Å². The van der Waals surface area contributed by atoms with Crippen molar-refractivity contribution in [3.8, 4) is 5.75 Å². The van der Waals surface area contributed by atoms with Gasteiger partial charge in [0.25, 0.3) is 0 Å². The summed E-state index contributed by atoms with van der Waals surface area (Å²) in [4.78, 5) is 14.8. The van der Waals surface area contributed by atoms with Crippen LogP contribution in [0.25, 0.3) is 0 Å². The van der Waals surface area contributed by atoms with Crippen molar-refractivity contribution in [3.05, 3.63) is 81.8 Å². The average Bonchev–Trinajstić information content (AvgIpc) is 3.18. The number of alkyl halides is 3. The molecule has 8 heteroatoms. The molecule has 0 spiro atoms. The number of thiazole rings is 1. The number of rotatable bonds is 8. The van der Waals surface area contributed by atoms with E-state index in [1.54, 1.807) is 24.3 Å². The normalized spacial score (nSPS) is 12.5. The predicted molar refractivity (Wildman–Crippen MR) is 103 cm³/mol. The number of aromatic nitrogens is 1. The molecule has 0 radical (unpaired) electrons. The van der Waals surface area contributed by atoms with Crippen molar-refractivity contribution in [2.75, 3.05) is 0 Å². The minimum atomic E-state index is -4.54. The fourth-order valence-electron chi connectivity index (χ4n) is 2.81. The van der Waals surface area contributed by atoms with Gasteiger partial charge in [-0.25, -0.2) is 4.98 Å². The number of aliphatic carboxylic acids is 1. The Labute approximate surface area is 169 Å². The van der Waals surface area contributed by atoms with Gasteiger partial charge in [0.2, 0.25) is 0 Å². The Morgan fingerprint density at radius 1 is 1.07 bits per heavy atom. The van der Waals surface area contributed by atoms with Crippen LogP contribution in [0.5, 0.6) is 5.75 Å². The fourth-order valence-corrected chi connectivity index (χ4v) is 3.74. The van der Waals surface area contributed by atoms with E-state index in [4.69, 9.17) is 9.84 Å². The quantitative estimate of drug-likeness (QED) is 0.519. The van der Waals surface area contributed by atoms with Crippen LogP contribution in [0.1, 0.15) is 34.2 Å². The van der Waals surface area contributed by atoms with Gasteiger partial charge in [0.05, 0.1) is 11.4 Å². The van der Waals surface area contributed by atoms with Gasteiger partial charge in [-0.1, -0.05) is 42.5 Å². The van der Waals surface area contributed by atoms with Gasteiger partial charge in [-0.05, 0) is 29.7 Å². The maximum absolute atomic E-state index is 12.8. The van der Waals surface area contributed by atoms with Crippen LogP contribution in [-0.2, 0) is 24.0 Å². The molecule has 0 aliphatic carbocycles. The van der Waals surface area contributed by atoms with E-state index in [1.165, 1.54) is 0 Å². The van der Waals surface area contributed by atoms with Gasteiger partial charge < -0.3 is 9.84 Å². The Morgan fingerprint density at radius 2 is 1.76 bits per heavy atom. The van der Waals surface area contributed by atoms with E-state index in [-0.39, 0.29) is 17.8 Å². The summed E-state index contributed by atoms with van der Waals surface area (Å²) >= 11 is 0.836. The molecule has 1 aromatic heterocycles. The monoisotopic (exact) mass is 421 g/mol.